The van der Waals surface area contributed by atoms with Crippen molar-refractivity contribution in [3.05, 3.63) is 243 Å². The van der Waals surface area contributed by atoms with Crippen molar-refractivity contribution < 1.29 is 4.42 Å². The van der Waals surface area contributed by atoms with Gasteiger partial charge in [-0.2, -0.15) is 0 Å². The molecule has 0 atom stereocenters. The fraction of sp³-hybridized carbons (Fsp3) is 0. The summed E-state index contributed by atoms with van der Waals surface area (Å²) >= 11 is 0. The molecule has 3 heteroatoms. The van der Waals surface area contributed by atoms with E-state index in [-0.39, 0.29) is 0 Å². The van der Waals surface area contributed by atoms with E-state index in [4.69, 9.17) is 4.42 Å². The van der Waals surface area contributed by atoms with E-state index in [2.05, 4.69) is 240 Å². The highest BCUT2D eigenvalue weighted by atomic mass is 16.3. The molecule has 12 rings (SSSR count). The molecule has 12 aromatic rings. The lowest BCUT2D eigenvalue weighted by molar-refractivity contribution is 0.669. The Hall–Kier alpha value is -8.40. The summed E-state index contributed by atoms with van der Waals surface area (Å²) < 4.78 is 8.60. The van der Waals surface area contributed by atoms with Crippen molar-refractivity contribution in [3.8, 4) is 50.2 Å². The predicted molar refractivity (Wildman–Crippen MR) is 264 cm³/mol. The fourth-order valence-electron chi connectivity index (χ4n) is 9.42. The number of benzene rings is 10. The number of hydrogen-bond donors (Lipinski definition) is 0. The van der Waals surface area contributed by atoms with E-state index in [1.165, 1.54) is 44.1 Å². The standard InChI is InChI=1S/C60H40N2O/c1-2-13-41(14-3-1)42-29-35-47(36-30-42)61(48-37-31-43(32-38-48)44-33-39-49(40-34-44)62-56-21-9-5-16-52(56)53-17-6-10-22-57(53)62)55-20-8-4-15-50(55)45-25-27-46(28-26-45)51-19-12-24-59-60(51)54-18-7-11-23-58(54)63-59/h1-40H. The summed E-state index contributed by atoms with van der Waals surface area (Å²) in [4.78, 5) is 2.38. The summed E-state index contributed by atoms with van der Waals surface area (Å²) in [5.41, 5.74) is 18.0. The molecule has 0 spiro atoms. The van der Waals surface area contributed by atoms with Gasteiger partial charge in [0.05, 0.1) is 16.7 Å². The van der Waals surface area contributed by atoms with Crippen LogP contribution in [-0.4, -0.2) is 4.57 Å². The third kappa shape index (κ3) is 6.38. The number of rotatable bonds is 8. The van der Waals surface area contributed by atoms with Gasteiger partial charge < -0.3 is 13.9 Å². The molecule has 2 heterocycles. The van der Waals surface area contributed by atoms with E-state index in [9.17, 15) is 0 Å². The van der Waals surface area contributed by atoms with Gasteiger partial charge in [0.2, 0.25) is 0 Å². The molecule has 63 heavy (non-hydrogen) atoms. The number of aromatic nitrogens is 1. The Morgan fingerprint density at radius 2 is 0.746 bits per heavy atom. The first-order chi connectivity index (χ1) is 31.2. The van der Waals surface area contributed by atoms with Crippen LogP contribution in [0.5, 0.6) is 0 Å². The second-order valence-corrected chi connectivity index (χ2v) is 16.1. The molecule has 0 radical (unpaired) electrons. The van der Waals surface area contributed by atoms with Crippen LogP contribution in [0.15, 0.2) is 247 Å². The molecule has 0 amide bonds. The highest BCUT2D eigenvalue weighted by Crippen LogP contribution is 2.43. The van der Waals surface area contributed by atoms with E-state index >= 15 is 0 Å². The number of hydrogen-bond acceptors (Lipinski definition) is 2. The summed E-state index contributed by atoms with van der Waals surface area (Å²) in [5.74, 6) is 0. The van der Waals surface area contributed by atoms with Crippen LogP contribution in [0.1, 0.15) is 0 Å². The molecule has 10 aromatic carbocycles. The van der Waals surface area contributed by atoms with Crippen LogP contribution in [-0.2, 0) is 0 Å². The number of furan rings is 1. The van der Waals surface area contributed by atoms with Crippen LogP contribution in [0.3, 0.4) is 0 Å². The van der Waals surface area contributed by atoms with E-state index in [1.807, 2.05) is 12.1 Å². The molecule has 0 saturated carbocycles. The zero-order chi connectivity index (χ0) is 41.7. The number of fused-ring (bicyclic) bond motifs is 6. The molecule has 2 aromatic heterocycles. The van der Waals surface area contributed by atoms with Crippen molar-refractivity contribution in [3.63, 3.8) is 0 Å². The molecular formula is C60H40N2O. The largest absolute Gasteiger partial charge is 0.456 e. The van der Waals surface area contributed by atoms with Gasteiger partial charge in [-0.25, -0.2) is 0 Å². The Bertz CT molecular complexity index is 3530. The maximum atomic E-state index is 6.24. The second-order valence-electron chi connectivity index (χ2n) is 16.1. The SMILES string of the molecule is c1ccc(-c2ccc(N(c3ccc(-c4ccc(-n5c6ccccc6c6ccccc65)cc4)cc3)c3ccccc3-c3ccc(-c4cccc5oc6ccccc6c45)cc3)cc2)cc1. The van der Waals surface area contributed by atoms with Crippen LogP contribution in [0.2, 0.25) is 0 Å². The van der Waals surface area contributed by atoms with Crippen LogP contribution < -0.4 is 4.90 Å². The van der Waals surface area contributed by atoms with Crippen molar-refractivity contribution in [1.29, 1.82) is 0 Å². The minimum atomic E-state index is 0.902. The molecule has 0 bridgehead atoms. The van der Waals surface area contributed by atoms with E-state index < -0.39 is 0 Å². The van der Waals surface area contributed by atoms with E-state index in [0.29, 0.717) is 0 Å². The molecule has 0 fully saturated rings. The average Bonchev–Trinajstić information content (AvgIpc) is 3.91. The lowest BCUT2D eigenvalue weighted by Gasteiger charge is -2.28. The van der Waals surface area contributed by atoms with Crippen molar-refractivity contribution >= 4 is 60.8 Å². The van der Waals surface area contributed by atoms with E-state index in [0.717, 1.165) is 66.9 Å². The first-order valence-corrected chi connectivity index (χ1v) is 21.5. The minimum Gasteiger partial charge on any atom is -0.456 e. The highest BCUT2D eigenvalue weighted by Gasteiger charge is 2.19. The Labute approximate surface area is 366 Å². The Balaban J connectivity index is 0.915. The van der Waals surface area contributed by atoms with Gasteiger partial charge in [0, 0.05) is 44.2 Å². The lowest BCUT2D eigenvalue weighted by atomic mass is 9.96. The smallest absolute Gasteiger partial charge is 0.136 e. The molecular weight excluding hydrogens is 765 g/mol. The summed E-state index contributed by atoms with van der Waals surface area (Å²) in [6, 6.07) is 87.1. The van der Waals surface area contributed by atoms with Crippen LogP contribution in [0, 0.1) is 0 Å². The summed E-state index contributed by atoms with van der Waals surface area (Å²) in [7, 11) is 0. The highest BCUT2D eigenvalue weighted by molar-refractivity contribution is 6.12. The first-order valence-electron chi connectivity index (χ1n) is 21.5. The molecule has 0 aliphatic rings. The minimum absolute atomic E-state index is 0.902. The molecule has 0 N–H and O–H groups in total. The molecule has 0 unspecified atom stereocenters. The van der Waals surface area contributed by atoms with Gasteiger partial charge in [-0.1, -0.05) is 176 Å². The summed E-state index contributed by atoms with van der Waals surface area (Å²) in [6.07, 6.45) is 0. The Morgan fingerprint density at radius 1 is 0.302 bits per heavy atom. The maximum Gasteiger partial charge on any atom is 0.136 e. The van der Waals surface area contributed by atoms with Gasteiger partial charge in [0.15, 0.2) is 0 Å². The second kappa shape index (κ2) is 15.3. The van der Waals surface area contributed by atoms with Crippen LogP contribution >= 0.6 is 0 Å². The third-order valence-corrected chi connectivity index (χ3v) is 12.5. The number of para-hydroxylation sites is 4. The van der Waals surface area contributed by atoms with Crippen LogP contribution in [0.25, 0.3) is 93.9 Å². The molecule has 0 saturated heterocycles. The predicted octanol–water partition coefficient (Wildman–Crippen LogP) is 16.8. The van der Waals surface area contributed by atoms with Gasteiger partial charge in [-0.3, -0.25) is 0 Å². The average molecular weight is 805 g/mol. The van der Waals surface area contributed by atoms with Gasteiger partial charge in [0.1, 0.15) is 11.2 Å². The van der Waals surface area contributed by atoms with Crippen molar-refractivity contribution in [2.24, 2.45) is 0 Å². The zero-order valence-electron chi connectivity index (χ0n) is 34.4. The number of nitrogens with zero attached hydrogens (tertiary/aromatic N) is 2. The first kappa shape index (κ1) is 36.5. The van der Waals surface area contributed by atoms with Crippen LogP contribution in [0.4, 0.5) is 17.1 Å². The Kier molecular flexibility index (Phi) is 8.83. The Morgan fingerprint density at radius 3 is 1.38 bits per heavy atom. The monoisotopic (exact) mass is 804 g/mol. The van der Waals surface area contributed by atoms with Gasteiger partial charge in [0.25, 0.3) is 0 Å². The molecule has 0 aliphatic heterocycles. The van der Waals surface area contributed by atoms with Gasteiger partial charge in [-0.15, -0.1) is 0 Å². The fourth-order valence-corrected chi connectivity index (χ4v) is 9.42. The summed E-state index contributed by atoms with van der Waals surface area (Å²) in [6.45, 7) is 0. The van der Waals surface area contributed by atoms with Gasteiger partial charge >= 0.3 is 0 Å². The quantitative estimate of drug-likeness (QED) is 0.153. The normalized spacial score (nSPS) is 11.5. The van der Waals surface area contributed by atoms with E-state index in [1.54, 1.807) is 0 Å². The molecule has 0 aliphatic carbocycles. The van der Waals surface area contributed by atoms with Gasteiger partial charge in [-0.05, 0) is 106 Å². The maximum absolute atomic E-state index is 6.24. The third-order valence-electron chi connectivity index (χ3n) is 12.5. The zero-order valence-corrected chi connectivity index (χ0v) is 34.4. The number of anilines is 3. The molecule has 296 valence electrons. The topological polar surface area (TPSA) is 21.3 Å². The van der Waals surface area contributed by atoms with Crippen molar-refractivity contribution in [2.75, 3.05) is 4.90 Å². The van der Waals surface area contributed by atoms with Crippen molar-refractivity contribution in [1.82, 2.24) is 4.57 Å². The summed E-state index contributed by atoms with van der Waals surface area (Å²) in [5, 5.41) is 4.81. The molecule has 3 nitrogen and oxygen atoms in total. The van der Waals surface area contributed by atoms with Crippen molar-refractivity contribution in [2.45, 2.75) is 0 Å². The lowest BCUT2D eigenvalue weighted by Crippen LogP contribution is -2.11.